The van der Waals surface area contributed by atoms with E-state index in [2.05, 4.69) is 14.1 Å². The number of aromatic nitrogens is 2. The van der Waals surface area contributed by atoms with E-state index in [1.165, 1.54) is 0 Å². The Morgan fingerprint density at radius 1 is 1.26 bits per heavy atom. The topological polar surface area (TPSA) is 64.1 Å². The highest BCUT2D eigenvalue weighted by Gasteiger charge is 2.10. The molecule has 0 aliphatic carbocycles. The first-order valence-electron chi connectivity index (χ1n) is 6.95. The number of nitrogens with one attached hydrogen (secondary N) is 1. The number of hydrogen-bond donors (Lipinski definition) is 1. The second-order valence-electron chi connectivity index (χ2n) is 5.15. The number of ether oxygens (including phenoxy) is 1. The van der Waals surface area contributed by atoms with Gasteiger partial charge in [0.15, 0.2) is 6.61 Å². The van der Waals surface area contributed by atoms with Crippen LogP contribution in [0, 0.1) is 13.8 Å². The average molecular weight is 348 g/mol. The minimum Gasteiger partial charge on any atom is -0.484 e. The van der Waals surface area contributed by atoms with Gasteiger partial charge in [0, 0.05) is 5.02 Å². The molecule has 0 aliphatic rings. The normalized spacial score (nSPS) is 10.7. The monoisotopic (exact) mass is 347 g/mol. The van der Waals surface area contributed by atoms with E-state index >= 15 is 0 Å². The highest BCUT2D eigenvalue weighted by atomic mass is 35.5. The van der Waals surface area contributed by atoms with E-state index in [1.54, 1.807) is 6.07 Å². The minimum atomic E-state index is -0.254. The number of benzene rings is 2. The van der Waals surface area contributed by atoms with Gasteiger partial charge in [-0.25, -0.2) is 0 Å². The van der Waals surface area contributed by atoms with Gasteiger partial charge in [-0.05, 0) is 49.2 Å². The van der Waals surface area contributed by atoms with Crippen LogP contribution in [0.5, 0.6) is 5.75 Å². The van der Waals surface area contributed by atoms with Gasteiger partial charge in [-0.15, -0.1) is 0 Å². The molecule has 1 N–H and O–H groups in total. The number of amides is 1. The number of carbonyl (C=O) groups excluding carboxylic acids is 1. The van der Waals surface area contributed by atoms with E-state index in [-0.39, 0.29) is 12.5 Å². The van der Waals surface area contributed by atoms with Crippen molar-refractivity contribution in [1.29, 1.82) is 0 Å². The Bertz CT molecular complexity index is 856. The number of fused-ring (bicyclic) bond motifs is 1. The fourth-order valence-electron chi connectivity index (χ4n) is 2.23. The summed E-state index contributed by atoms with van der Waals surface area (Å²) < 4.78 is 13.9. The van der Waals surface area contributed by atoms with Crippen molar-refractivity contribution in [2.75, 3.05) is 11.9 Å². The number of carbonyl (C=O) groups is 1. The van der Waals surface area contributed by atoms with Gasteiger partial charge in [0.05, 0.1) is 17.4 Å². The van der Waals surface area contributed by atoms with E-state index in [0.29, 0.717) is 22.0 Å². The van der Waals surface area contributed by atoms with Crippen LogP contribution in [0.4, 0.5) is 5.69 Å². The molecule has 0 fully saturated rings. The fraction of sp³-hybridized carbons (Fsp3) is 0.188. The second kappa shape index (κ2) is 6.52. The van der Waals surface area contributed by atoms with E-state index in [1.807, 2.05) is 38.1 Å². The van der Waals surface area contributed by atoms with Crippen LogP contribution in [0.3, 0.4) is 0 Å². The first kappa shape index (κ1) is 15.7. The lowest BCUT2D eigenvalue weighted by Crippen LogP contribution is -2.20. The molecule has 0 aliphatic heterocycles. The highest BCUT2D eigenvalue weighted by molar-refractivity contribution is 7.00. The lowest BCUT2D eigenvalue weighted by Gasteiger charge is -2.10. The molecule has 0 spiro atoms. The summed E-state index contributed by atoms with van der Waals surface area (Å²) in [5.74, 6) is 0.365. The maximum atomic E-state index is 12.1. The summed E-state index contributed by atoms with van der Waals surface area (Å²) in [5.41, 5.74) is 3.91. The quantitative estimate of drug-likeness (QED) is 0.775. The molecule has 0 bridgehead atoms. The Morgan fingerprint density at radius 3 is 2.74 bits per heavy atom. The molecule has 118 valence electrons. The third-order valence-electron chi connectivity index (χ3n) is 3.34. The van der Waals surface area contributed by atoms with Gasteiger partial charge >= 0.3 is 0 Å². The molecule has 2 aromatic carbocycles. The van der Waals surface area contributed by atoms with Crippen LogP contribution in [0.15, 0.2) is 30.3 Å². The maximum Gasteiger partial charge on any atom is 0.262 e. The molecular weight excluding hydrogens is 334 g/mol. The molecule has 0 saturated carbocycles. The van der Waals surface area contributed by atoms with Crippen molar-refractivity contribution >= 4 is 46.0 Å². The van der Waals surface area contributed by atoms with Crippen LogP contribution < -0.4 is 10.1 Å². The molecule has 1 heterocycles. The lowest BCUT2D eigenvalue weighted by atomic mass is 10.1. The minimum absolute atomic E-state index is 0.0888. The third-order valence-corrected chi connectivity index (χ3v) is 4.48. The largest absolute Gasteiger partial charge is 0.484 e. The molecule has 1 amide bonds. The van der Waals surface area contributed by atoms with Crippen molar-refractivity contribution < 1.29 is 9.53 Å². The summed E-state index contributed by atoms with van der Waals surface area (Å²) in [5, 5.41) is 3.51. The van der Waals surface area contributed by atoms with Crippen molar-refractivity contribution in [2.45, 2.75) is 13.8 Å². The summed E-state index contributed by atoms with van der Waals surface area (Å²) in [7, 11) is 0. The number of anilines is 1. The van der Waals surface area contributed by atoms with E-state index < -0.39 is 0 Å². The highest BCUT2D eigenvalue weighted by Crippen LogP contribution is 2.26. The number of halogens is 1. The van der Waals surface area contributed by atoms with Crippen LogP contribution in [-0.2, 0) is 4.79 Å². The SMILES string of the molecule is Cc1cc(OCC(=O)Nc2cccc3nsnc23)cc(C)c1Cl. The van der Waals surface area contributed by atoms with Gasteiger partial charge < -0.3 is 10.1 Å². The Morgan fingerprint density at radius 2 is 2.00 bits per heavy atom. The van der Waals surface area contributed by atoms with Crippen LogP contribution in [-0.4, -0.2) is 21.3 Å². The van der Waals surface area contributed by atoms with Gasteiger partial charge in [0.1, 0.15) is 16.8 Å². The molecule has 0 atom stereocenters. The molecule has 7 heteroatoms. The van der Waals surface area contributed by atoms with E-state index in [4.69, 9.17) is 16.3 Å². The zero-order valence-electron chi connectivity index (χ0n) is 12.6. The molecule has 5 nitrogen and oxygen atoms in total. The van der Waals surface area contributed by atoms with Crippen LogP contribution in [0.2, 0.25) is 5.02 Å². The molecule has 3 rings (SSSR count). The summed E-state index contributed by atoms with van der Waals surface area (Å²) >= 11 is 7.23. The van der Waals surface area contributed by atoms with Gasteiger partial charge in [-0.2, -0.15) is 8.75 Å². The zero-order chi connectivity index (χ0) is 16.4. The standard InChI is InChI=1S/C16H14ClN3O2S/c1-9-6-11(7-10(2)15(9)17)22-8-14(21)18-12-4-3-5-13-16(12)20-23-19-13/h3-7H,8H2,1-2H3,(H,18,21). The van der Waals surface area contributed by atoms with Crippen LogP contribution in [0.25, 0.3) is 11.0 Å². The fourth-order valence-corrected chi connectivity index (χ4v) is 2.89. The number of rotatable bonds is 4. The van der Waals surface area contributed by atoms with Crippen molar-refractivity contribution in [1.82, 2.24) is 8.75 Å². The van der Waals surface area contributed by atoms with Crippen molar-refractivity contribution in [2.24, 2.45) is 0 Å². The summed E-state index contributed by atoms with van der Waals surface area (Å²) in [4.78, 5) is 12.1. The molecule has 0 saturated heterocycles. The Kier molecular flexibility index (Phi) is 4.45. The predicted molar refractivity (Wildman–Crippen MR) is 92.5 cm³/mol. The van der Waals surface area contributed by atoms with Crippen molar-refractivity contribution in [3.05, 3.63) is 46.5 Å². The van der Waals surface area contributed by atoms with Gasteiger partial charge in [0.2, 0.25) is 0 Å². The van der Waals surface area contributed by atoms with E-state index in [0.717, 1.165) is 28.4 Å². The molecule has 0 radical (unpaired) electrons. The second-order valence-corrected chi connectivity index (χ2v) is 6.05. The Balaban J connectivity index is 1.67. The predicted octanol–water partition coefficient (Wildman–Crippen LogP) is 3.98. The summed E-state index contributed by atoms with van der Waals surface area (Å²) in [6.45, 7) is 3.71. The molecular formula is C16H14ClN3O2S. The first-order valence-corrected chi connectivity index (χ1v) is 8.06. The van der Waals surface area contributed by atoms with Gasteiger partial charge in [0.25, 0.3) is 5.91 Å². The maximum absolute atomic E-state index is 12.1. The van der Waals surface area contributed by atoms with E-state index in [9.17, 15) is 4.79 Å². The Labute approximate surface area is 142 Å². The molecule has 23 heavy (non-hydrogen) atoms. The van der Waals surface area contributed by atoms with Crippen molar-refractivity contribution in [3.63, 3.8) is 0 Å². The van der Waals surface area contributed by atoms with Crippen molar-refractivity contribution in [3.8, 4) is 5.75 Å². The third kappa shape index (κ3) is 3.43. The first-order chi connectivity index (χ1) is 11.0. The zero-order valence-corrected chi connectivity index (χ0v) is 14.2. The molecule has 3 aromatic rings. The smallest absolute Gasteiger partial charge is 0.262 e. The summed E-state index contributed by atoms with van der Waals surface area (Å²) in [6.07, 6.45) is 0. The number of nitrogens with zero attached hydrogens (tertiary/aromatic N) is 2. The average Bonchev–Trinajstić information content (AvgIpc) is 3.00. The Hall–Kier alpha value is -2.18. The number of hydrogen-bond acceptors (Lipinski definition) is 5. The lowest BCUT2D eigenvalue weighted by molar-refractivity contribution is -0.118. The summed E-state index contributed by atoms with van der Waals surface area (Å²) in [6, 6.07) is 9.09. The number of aryl methyl sites for hydroxylation is 2. The van der Waals surface area contributed by atoms with Crippen LogP contribution >= 0.6 is 23.3 Å². The molecule has 1 aromatic heterocycles. The molecule has 0 unspecified atom stereocenters. The van der Waals surface area contributed by atoms with Gasteiger partial charge in [-0.3, -0.25) is 4.79 Å². The van der Waals surface area contributed by atoms with Crippen LogP contribution in [0.1, 0.15) is 11.1 Å². The van der Waals surface area contributed by atoms with Gasteiger partial charge in [-0.1, -0.05) is 17.7 Å².